The van der Waals surface area contributed by atoms with Gasteiger partial charge in [0.05, 0.1) is 33.0 Å². The van der Waals surface area contributed by atoms with Crippen molar-refractivity contribution in [1.29, 1.82) is 0 Å². The van der Waals surface area contributed by atoms with E-state index in [0.29, 0.717) is 0 Å². The van der Waals surface area contributed by atoms with Gasteiger partial charge in [-0.1, -0.05) is 123 Å². The van der Waals surface area contributed by atoms with Gasteiger partial charge >= 0.3 is 0 Å². The molecule has 0 saturated carbocycles. The fraction of sp³-hybridized carbons (Fsp3) is 0.0750. The summed E-state index contributed by atoms with van der Waals surface area (Å²) in [7, 11) is 0. The van der Waals surface area contributed by atoms with E-state index in [2.05, 4.69) is 152 Å². The Balaban J connectivity index is 1.39. The molecule has 0 atom stereocenters. The van der Waals surface area contributed by atoms with Crippen molar-refractivity contribution in [2.75, 3.05) is 4.90 Å². The first-order valence-corrected chi connectivity index (χ1v) is 15.6. The molecule has 0 N–H and O–H groups in total. The number of aromatic nitrogens is 1. The van der Waals surface area contributed by atoms with Gasteiger partial charge in [0, 0.05) is 42.6 Å². The van der Waals surface area contributed by atoms with Crippen LogP contribution in [0.3, 0.4) is 0 Å². The SMILES string of the molecule is CC1(C)c2ccccc2N(c2cccc3c2sc2c3ccc3c(-c4ccccc4)nc4ccccc4c32)c2ccccc21. The van der Waals surface area contributed by atoms with Gasteiger partial charge in [-0.2, -0.15) is 0 Å². The Kier molecular flexibility index (Phi) is 5.15. The van der Waals surface area contributed by atoms with Crippen molar-refractivity contribution in [2.45, 2.75) is 19.3 Å². The lowest BCUT2D eigenvalue weighted by atomic mass is 9.73. The van der Waals surface area contributed by atoms with Crippen molar-refractivity contribution >= 4 is 70.2 Å². The van der Waals surface area contributed by atoms with E-state index >= 15 is 0 Å². The van der Waals surface area contributed by atoms with Crippen LogP contribution in [-0.2, 0) is 5.41 Å². The molecular formula is C40H28N2S. The van der Waals surface area contributed by atoms with Crippen molar-refractivity contribution in [3.05, 3.63) is 145 Å². The zero-order valence-corrected chi connectivity index (χ0v) is 24.8. The topological polar surface area (TPSA) is 16.1 Å². The highest BCUT2D eigenvalue weighted by molar-refractivity contribution is 7.27. The maximum atomic E-state index is 5.19. The molecule has 8 aromatic rings. The molecule has 1 aliphatic rings. The van der Waals surface area contributed by atoms with Gasteiger partial charge in [0.15, 0.2) is 0 Å². The summed E-state index contributed by atoms with van der Waals surface area (Å²) in [4.78, 5) is 7.68. The van der Waals surface area contributed by atoms with Crippen LogP contribution in [0.1, 0.15) is 25.0 Å². The highest BCUT2D eigenvalue weighted by Crippen LogP contribution is 2.54. The van der Waals surface area contributed by atoms with Gasteiger partial charge in [0.25, 0.3) is 0 Å². The van der Waals surface area contributed by atoms with E-state index in [0.717, 1.165) is 16.8 Å². The Morgan fingerprint density at radius 3 is 1.86 bits per heavy atom. The molecule has 0 aliphatic carbocycles. The first-order valence-electron chi connectivity index (χ1n) is 14.8. The third kappa shape index (κ3) is 3.43. The number of pyridine rings is 1. The first-order chi connectivity index (χ1) is 21.1. The van der Waals surface area contributed by atoms with Crippen molar-refractivity contribution in [1.82, 2.24) is 4.98 Å². The number of hydrogen-bond donors (Lipinski definition) is 0. The average molecular weight is 569 g/mol. The van der Waals surface area contributed by atoms with Crippen LogP contribution in [0.5, 0.6) is 0 Å². The molecule has 2 nitrogen and oxygen atoms in total. The maximum absolute atomic E-state index is 5.19. The van der Waals surface area contributed by atoms with E-state index in [1.165, 1.54) is 64.5 Å². The third-order valence-electron chi connectivity index (χ3n) is 9.23. The molecule has 43 heavy (non-hydrogen) atoms. The van der Waals surface area contributed by atoms with E-state index in [1.807, 2.05) is 11.3 Å². The fourth-order valence-electron chi connectivity index (χ4n) is 7.20. The molecule has 2 aromatic heterocycles. The predicted molar refractivity (Wildman–Crippen MR) is 184 cm³/mol. The monoisotopic (exact) mass is 568 g/mol. The van der Waals surface area contributed by atoms with Crippen molar-refractivity contribution in [2.24, 2.45) is 0 Å². The highest BCUT2D eigenvalue weighted by atomic mass is 32.1. The average Bonchev–Trinajstić information content (AvgIpc) is 3.45. The molecule has 204 valence electrons. The molecule has 0 saturated heterocycles. The van der Waals surface area contributed by atoms with Crippen LogP contribution in [0.25, 0.3) is 53.1 Å². The minimum atomic E-state index is -0.0896. The normalized spacial score (nSPS) is 14.0. The minimum Gasteiger partial charge on any atom is -0.308 e. The van der Waals surface area contributed by atoms with Crippen LogP contribution in [0, 0.1) is 0 Å². The summed E-state index contributed by atoms with van der Waals surface area (Å²) in [5.41, 5.74) is 9.54. The fourth-order valence-corrected chi connectivity index (χ4v) is 8.56. The Morgan fingerprint density at radius 1 is 0.512 bits per heavy atom. The lowest BCUT2D eigenvalue weighted by Crippen LogP contribution is -2.30. The van der Waals surface area contributed by atoms with Gasteiger partial charge in [-0.3, -0.25) is 0 Å². The molecule has 3 heteroatoms. The molecule has 0 spiro atoms. The predicted octanol–water partition coefficient (Wildman–Crippen LogP) is 11.5. The quantitative estimate of drug-likeness (QED) is 0.193. The molecule has 0 radical (unpaired) electrons. The second kappa shape index (κ2) is 9.00. The molecule has 0 unspecified atom stereocenters. The summed E-state index contributed by atoms with van der Waals surface area (Å²) in [5.74, 6) is 0. The largest absolute Gasteiger partial charge is 0.308 e. The van der Waals surface area contributed by atoms with Crippen LogP contribution >= 0.6 is 11.3 Å². The van der Waals surface area contributed by atoms with Crippen LogP contribution in [0.15, 0.2) is 133 Å². The van der Waals surface area contributed by atoms with E-state index in [-0.39, 0.29) is 5.41 Å². The summed E-state index contributed by atoms with van der Waals surface area (Å²) >= 11 is 1.91. The third-order valence-corrected chi connectivity index (χ3v) is 10.5. The second-order valence-electron chi connectivity index (χ2n) is 12.0. The Hall–Kier alpha value is -4.99. The van der Waals surface area contributed by atoms with Gasteiger partial charge in [-0.15, -0.1) is 11.3 Å². The van der Waals surface area contributed by atoms with Crippen LogP contribution in [0.2, 0.25) is 0 Å². The first kappa shape index (κ1) is 24.6. The maximum Gasteiger partial charge on any atom is 0.0788 e. The van der Waals surface area contributed by atoms with Gasteiger partial charge in [0.2, 0.25) is 0 Å². The molecule has 1 aliphatic heterocycles. The Morgan fingerprint density at radius 2 is 1.09 bits per heavy atom. The second-order valence-corrected chi connectivity index (χ2v) is 13.0. The Labute approximate surface area is 254 Å². The van der Waals surface area contributed by atoms with E-state index in [1.54, 1.807) is 0 Å². The number of thiophene rings is 1. The molecule has 0 amide bonds. The number of nitrogens with zero attached hydrogens (tertiary/aromatic N) is 2. The Bertz CT molecular complexity index is 2330. The van der Waals surface area contributed by atoms with Gasteiger partial charge < -0.3 is 4.90 Å². The van der Waals surface area contributed by atoms with Gasteiger partial charge in [0.1, 0.15) is 0 Å². The lowest BCUT2D eigenvalue weighted by Gasteiger charge is -2.42. The summed E-state index contributed by atoms with van der Waals surface area (Å²) in [6.07, 6.45) is 0. The standard InChI is InChI=1S/C40H28N2S/c1-40(2)30-17-7-10-20-33(30)42(34-21-11-8-18-31(34)40)35-22-12-16-26-27-23-24-29-36(39(27)43-38(26)35)28-15-6-9-19-32(28)41-37(29)25-13-4-3-5-14-25/h3-24H,1-2H3. The number of benzene rings is 6. The number of rotatable bonds is 2. The summed E-state index contributed by atoms with van der Waals surface area (Å²) < 4.78 is 2.62. The number of fused-ring (bicyclic) bond motifs is 9. The molecule has 9 rings (SSSR count). The molecule has 0 bridgehead atoms. The summed E-state index contributed by atoms with van der Waals surface area (Å²) in [5, 5.41) is 6.27. The molecule has 3 heterocycles. The van der Waals surface area contributed by atoms with E-state index in [4.69, 9.17) is 4.98 Å². The van der Waals surface area contributed by atoms with E-state index < -0.39 is 0 Å². The highest BCUT2D eigenvalue weighted by Gasteiger charge is 2.37. The van der Waals surface area contributed by atoms with Gasteiger partial charge in [-0.25, -0.2) is 4.98 Å². The minimum absolute atomic E-state index is 0.0896. The molecular weight excluding hydrogens is 541 g/mol. The van der Waals surface area contributed by atoms with E-state index in [9.17, 15) is 0 Å². The number of anilines is 3. The number of para-hydroxylation sites is 3. The van der Waals surface area contributed by atoms with Crippen molar-refractivity contribution < 1.29 is 0 Å². The van der Waals surface area contributed by atoms with Crippen LogP contribution in [0.4, 0.5) is 17.1 Å². The van der Waals surface area contributed by atoms with Crippen LogP contribution < -0.4 is 4.90 Å². The summed E-state index contributed by atoms with van der Waals surface area (Å²) in [6, 6.07) is 48.4. The smallest absolute Gasteiger partial charge is 0.0788 e. The van der Waals surface area contributed by atoms with Crippen LogP contribution in [-0.4, -0.2) is 4.98 Å². The summed E-state index contributed by atoms with van der Waals surface area (Å²) in [6.45, 7) is 4.69. The zero-order chi connectivity index (χ0) is 28.7. The zero-order valence-electron chi connectivity index (χ0n) is 24.0. The molecule has 0 fully saturated rings. The van der Waals surface area contributed by atoms with Crippen molar-refractivity contribution in [3.63, 3.8) is 0 Å². The lowest BCUT2D eigenvalue weighted by molar-refractivity contribution is 0.632. The molecule has 6 aromatic carbocycles. The van der Waals surface area contributed by atoms with Crippen molar-refractivity contribution in [3.8, 4) is 11.3 Å². The number of hydrogen-bond acceptors (Lipinski definition) is 3. The van der Waals surface area contributed by atoms with Gasteiger partial charge in [-0.05, 0) is 35.4 Å².